The van der Waals surface area contributed by atoms with Crippen molar-refractivity contribution in [2.75, 3.05) is 51.1 Å². The number of nitrogens with zero attached hydrogens (tertiary/aromatic N) is 3. The van der Waals surface area contributed by atoms with E-state index in [0.29, 0.717) is 39.1 Å². The molecule has 0 aromatic heterocycles. The van der Waals surface area contributed by atoms with Crippen molar-refractivity contribution in [3.8, 4) is 0 Å². The molecule has 0 atom stereocenters. The lowest BCUT2D eigenvalue weighted by Crippen LogP contribution is -2.39. The first kappa shape index (κ1) is 27.3. The quantitative estimate of drug-likeness (QED) is 0.627. The van der Waals surface area contributed by atoms with E-state index in [2.05, 4.69) is 5.32 Å². The van der Waals surface area contributed by atoms with Crippen molar-refractivity contribution in [3.05, 3.63) is 64.2 Å². The molecule has 1 fully saturated rings. The number of para-hydroxylation sites is 1. The molecule has 0 saturated carbocycles. The van der Waals surface area contributed by atoms with Crippen molar-refractivity contribution in [3.63, 3.8) is 0 Å². The predicted molar refractivity (Wildman–Crippen MR) is 135 cm³/mol. The Morgan fingerprint density at radius 3 is 2.11 bits per heavy atom. The van der Waals surface area contributed by atoms with Gasteiger partial charge >= 0.3 is 0 Å². The molecule has 2 aromatic carbocycles. The number of hydrogen-bond acceptors (Lipinski definition) is 4. The van der Waals surface area contributed by atoms with Gasteiger partial charge in [-0.3, -0.25) is 19.3 Å². The summed E-state index contributed by atoms with van der Waals surface area (Å²) in [5, 5.41) is 2.97. The largest absolute Gasteiger partial charge is 0.339 e. The summed E-state index contributed by atoms with van der Waals surface area (Å²) in [7, 11) is 0. The number of carbonyl (C=O) groups excluding carboxylic acids is 3. The molecule has 0 spiro atoms. The van der Waals surface area contributed by atoms with Crippen LogP contribution in [0.1, 0.15) is 52.1 Å². The monoisotopic (exact) mass is 500 g/mol. The van der Waals surface area contributed by atoms with E-state index in [-0.39, 0.29) is 19.0 Å². The van der Waals surface area contributed by atoms with E-state index in [4.69, 9.17) is 0 Å². The van der Waals surface area contributed by atoms with Crippen LogP contribution in [0.2, 0.25) is 0 Å². The molecular weight excluding hydrogens is 466 g/mol. The molecule has 7 nitrogen and oxygen atoms in total. The van der Waals surface area contributed by atoms with Crippen LogP contribution < -0.4 is 5.32 Å². The SMILES string of the molecule is CCN(CC)C(=O)c1c(F)ccc(F)c1C(=O)N1CCCN(CC(=O)Nc2c(C)cccc2C)CC1. The number of amides is 3. The molecule has 3 amide bonds. The van der Waals surface area contributed by atoms with Crippen molar-refractivity contribution in [1.82, 2.24) is 14.7 Å². The number of hydrogen-bond donors (Lipinski definition) is 1. The molecule has 0 radical (unpaired) electrons. The average Bonchev–Trinajstić information content (AvgIpc) is 3.08. The molecule has 1 aliphatic rings. The summed E-state index contributed by atoms with van der Waals surface area (Å²) in [5.74, 6) is -3.43. The highest BCUT2D eigenvalue weighted by molar-refractivity contribution is 6.07. The summed E-state index contributed by atoms with van der Waals surface area (Å²) in [4.78, 5) is 43.7. The molecule has 0 unspecified atom stereocenters. The molecule has 1 aliphatic heterocycles. The van der Waals surface area contributed by atoms with Gasteiger partial charge < -0.3 is 15.1 Å². The summed E-state index contributed by atoms with van der Waals surface area (Å²) < 4.78 is 29.6. The highest BCUT2D eigenvalue weighted by atomic mass is 19.1. The van der Waals surface area contributed by atoms with Crippen LogP contribution in [0.15, 0.2) is 30.3 Å². The van der Waals surface area contributed by atoms with Gasteiger partial charge in [0, 0.05) is 45.0 Å². The summed E-state index contributed by atoms with van der Waals surface area (Å²) in [6.45, 7) is 9.60. The average molecular weight is 501 g/mol. The van der Waals surface area contributed by atoms with E-state index in [1.54, 1.807) is 13.8 Å². The fourth-order valence-electron chi connectivity index (χ4n) is 4.52. The van der Waals surface area contributed by atoms with Crippen molar-refractivity contribution in [2.45, 2.75) is 34.1 Å². The highest BCUT2D eigenvalue weighted by Gasteiger charge is 2.31. The van der Waals surface area contributed by atoms with Gasteiger partial charge in [0.25, 0.3) is 11.8 Å². The summed E-state index contributed by atoms with van der Waals surface area (Å²) >= 11 is 0. The van der Waals surface area contributed by atoms with Crippen LogP contribution in [-0.4, -0.2) is 78.2 Å². The number of nitrogens with one attached hydrogen (secondary N) is 1. The zero-order valence-electron chi connectivity index (χ0n) is 21.4. The molecular formula is C27H34F2N4O3. The van der Waals surface area contributed by atoms with E-state index >= 15 is 0 Å². The third kappa shape index (κ3) is 6.07. The van der Waals surface area contributed by atoms with Gasteiger partial charge in [-0.2, -0.15) is 0 Å². The van der Waals surface area contributed by atoms with Gasteiger partial charge in [-0.05, 0) is 57.4 Å². The Morgan fingerprint density at radius 2 is 1.50 bits per heavy atom. The Morgan fingerprint density at radius 1 is 0.889 bits per heavy atom. The molecule has 194 valence electrons. The van der Waals surface area contributed by atoms with Gasteiger partial charge in [-0.1, -0.05) is 18.2 Å². The van der Waals surface area contributed by atoms with Crippen LogP contribution in [0, 0.1) is 25.5 Å². The number of halogens is 2. The molecule has 2 aromatic rings. The molecule has 3 rings (SSSR count). The molecule has 9 heteroatoms. The summed E-state index contributed by atoms with van der Waals surface area (Å²) in [5.41, 5.74) is 1.68. The Bertz CT molecular complexity index is 1110. The molecule has 1 saturated heterocycles. The molecule has 0 bridgehead atoms. The third-order valence-electron chi connectivity index (χ3n) is 6.57. The van der Waals surface area contributed by atoms with Gasteiger partial charge in [-0.25, -0.2) is 8.78 Å². The zero-order valence-corrected chi connectivity index (χ0v) is 21.4. The van der Waals surface area contributed by atoms with E-state index in [1.807, 2.05) is 36.9 Å². The Kier molecular flexibility index (Phi) is 9.14. The second-order valence-corrected chi connectivity index (χ2v) is 8.99. The first-order valence-corrected chi connectivity index (χ1v) is 12.3. The van der Waals surface area contributed by atoms with Crippen LogP contribution >= 0.6 is 0 Å². The second kappa shape index (κ2) is 12.1. The molecule has 1 N–H and O–H groups in total. The van der Waals surface area contributed by atoms with E-state index < -0.39 is 34.6 Å². The Balaban J connectivity index is 1.72. The number of benzene rings is 2. The predicted octanol–water partition coefficient (Wildman–Crippen LogP) is 3.85. The number of rotatable bonds is 7. The normalized spacial score (nSPS) is 14.3. The van der Waals surface area contributed by atoms with Gasteiger partial charge in [0.05, 0.1) is 17.7 Å². The standard InChI is InChI=1S/C27H34F2N4O3/c1-5-32(6-2)26(35)23-20(28)11-12-21(29)24(23)27(36)33-14-8-13-31(15-16-33)17-22(34)30-25-18(3)9-7-10-19(25)4/h7,9-12H,5-6,8,13-17H2,1-4H3,(H,30,34). The first-order valence-electron chi connectivity index (χ1n) is 12.3. The minimum atomic E-state index is -0.925. The molecule has 1 heterocycles. The lowest BCUT2D eigenvalue weighted by atomic mass is 10.0. The number of carbonyl (C=O) groups is 3. The van der Waals surface area contributed by atoms with Gasteiger partial charge in [0.15, 0.2) is 0 Å². The third-order valence-corrected chi connectivity index (χ3v) is 6.57. The number of aryl methyl sites for hydroxylation is 2. The topological polar surface area (TPSA) is 73.0 Å². The summed E-state index contributed by atoms with van der Waals surface area (Å²) in [6, 6.07) is 7.56. The minimum absolute atomic E-state index is 0.149. The first-order chi connectivity index (χ1) is 17.2. The Labute approximate surface area is 211 Å². The van der Waals surface area contributed by atoms with Crippen LogP contribution in [0.3, 0.4) is 0 Å². The maximum absolute atomic E-state index is 14.8. The van der Waals surface area contributed by atoms with Crippen molar-refractivity contribution < 1.29 is 23.2 Å². The summed E-state index contributed by atoms with van der Waals surface area (Å²) in [6.07, 6.45) is 0.554. The maximum atomic E-state index is 14.8. The van der Waals surface area contributed by atoms with Gasteiger partial charge in [0.1, 0.15) is 11.6 Å². The van der Waals surface area contributed by atoms with E-state index in [9.17, 15) is 23.2 Å². The molecule has 0 aliphatic carbocycles. The van der Waals surface area contributed by atoms with Crippen LogP contribution in [0.4, 0.5) is 14.5 Å². The maximum Gasteiger partial charge on any atom is 0.257 e. The molecule has 36 heavy (non-hydrogen) atoms. The second-order valence-electron chi connectivity index (χ2n) is 8.99. The smallest absolute Gasteiger partial charge is 0.257 e. The van der Waals surface area contributed by atoms with Crippen LogP contribution in [-0.2, 0) is 4.79 Å². The van der Waals surface area contributed by atoms with Crippen molar-refractivity contribution in [1.29, 1.82) is 0 Å². The lowest BCUT2D eigenvalue weighted by Gasteiger charge is -2.25. The fourth-order valence-corrected chi connectivity index (χ4v) is 4.52. The van der Waals surface area contributed by atoms with E-state index in [0.717, 1.165) is 28.9 Å². The van der Waals surface area contributed by atoms with Crippen LogP contribution in [0.5, 0.6) is 0 Å². The van der Waals surface area contributed by atoms with E-state index in [1.165, 1.54) is 9.80 Å². The lowest BCUT2D eigenvalue weighted by molar-refractivity contribution is -0.117. The van der Waals surface area contributed by atoms with Crippen molar-refractivity contribution >= 4 is 23.4 Å². The van der Waals surface area contributed by atoms with Crippen LogP contribution in [0.25, 0.3) is 0 Å². The number of anilines is 1. The Hall–Kier alpha value is -3.33. The fraction of sp³-hybridized carbons (Fsp3) is 0.444. The van der Waals surface area contributed by atoms with Gasteiger partial charge in [0.2, 0.25) is 5.91 Å². The van der Waals surface area contributed by atoms with Gasteiger partial charge in [-0.15, -0.1) is 0 Å². The highest BCUT2D eigenvalue weighted by Crippen LogP contribution is 2.23. The minimum Gasteiger partial charge on any atom is -0.339 e. The zero-order chi connectivity index (χ0) is 26.4. The van der Waals surface area contributed by atoms with Crippen molar-refractivity contribution in [2.24, 2.45) is 0 Å².